The van der Waals surface area contributed by atoms with Gasteiger partial charge in [0.15, 0.2) is 11.5 Å². The van der Waals surface area contributed by atoms with E-state index in [-0.39, 0.29) is 13.1 Å². The van der Waals surface area contributed by atoms with Gasteiger partial charge in [-0.2, -0.15) is 0 Å². The van der Waals surface area contributed by atoms with Crippen molar-refractivity contribution in [2.75, 3.05) is 21.3 Å². The van der Waals surface area contributed by atoms with Gasteiger partial charge in [0.1, 0.15) is 12.3 Å². The molecular formula is C22H23N3O6. The molecule has 9 heteroatoms. The molecule has 0 saturated carbocycles. The third-order valence-corrected chi connectivity index (χ3v) is 4.65. The van der Waals surface area contributed by atoms with Gasteiger partial charge in [-0.3, -0.25) is 23.5 Å². The molecule has 2 aromatic carbocycles. The maximum Gasteiger partial charge on any atom is 0.321 e. The summed E-state index contributed by atoms with van der Waals surface area (Å²) in [4.78, 5) is 37.4. The Morgan fingerprint density at radius 3 is 2.29 bits per heavy atom. The maximum absolute atomic E-state index is 12.6. The number of benzene rings is 2. The number of hydrogen-bond donors (Lipinski definition) is 1. The highest BCUT2D eigenvalue weighted by molar-refractivity contribution is 5.75. The van der Waals surface area contributed by atoms with E-state index in [1.165, 1.54) is 31.2 Å². The van der Waals surface area contributed by atoms with Crippen LogP contribution in [0, 0.1) is 0 Å². The van der Waals surface area contributed by atoms with Crippen molar-refractivity contribution in [3.05, 3.63) is 81.1 Å². The van der Waals surface area contributed by atoms with Gasteiger partial charge in [0.25, 0.3) is 0 Å². The molecule has 0 saturated heterocycles. The summed E-state index contributed by atoms with van der Waals surface area (Å²) < 4.78 is 17.9. The molecule has 0 aliphatic rings. The van der Waals surface area contributed by atoms with Crippen LogP contribution in [0.4, 0.5) is 0 Å². The van der Waals surface area contributed by atoms with Crippen molar-refractivity contribution in [3.63, 3.8) is 0 Å². The molecule has 162 valence electrons. The summed E-state index contributed by atoms with van der Waals surface area (Å²) in [5.41, 5.74) is -0.351. The summed E-state index contributed by atoms with van der Waals surface area (Å²) in [6.45, 7) is -0.0552. The van der Waals surface area contributed by atoms with Gasteiger partial charge in [-0.25, -0.2) is 0 Å². The van der Waals surface area contributed by atoms with Gasteiger partial charge in [-0.05, 0) is 29.8 Å². The molecule has 3 rings (SSSR count). The van der Waals surface area contributed by atoms with E-state index in [9.17, 15) is 14.4 Å². The smallest absolute Gasteiger partial charge is 0.321 e. The molecule has 31 heavy (non-hydrogen) atoms. The van der Waals surface area contributed by atoms with E-state index in [4.69, 9.17) is 14.2 Å². The number of nitrogens with one attached hydrogen (secondary N) is 1. The number of rotatable bonds is 8. The summed E-state index contributed by atoms with van der Waals surface area (Å²) in [5, 5.41) is 2.72. The average Bonchev–Trinajstić information content (AvgIpc) is 2.80. The quantitative estimate of drug-likeness (QED) is 0.547. The van der Waals surface area contributed by atoms with Crippen LogP contribution < -0.4 is 30.6 Å². The first-order valence-electron chi connectivity index (χ1n) is 9.41. The second kappa shape index (κ2) is 9.66. The predicted octanol–water partition coefficient (Wildman–Crippen LogP) is 1.34. The van der Waals surface area contributed by atoms with Crippen molar-refractivity contribution >= 4 is 5.91 Å². The molecule has 1 amide bonds. The first-order valence-corrected chi connectivity index (χ1v) is 9.41. The number of aromatic nitrogens is 2. The Labute approximate surface area is 178 Å². The Morgan fingerprint density at radius 2 is 1.58 bits per heavy atom. The van der Waals surface area contributed by atoms with Crippen molar-refractivity contribution in [3.8, 4) is 22.9 Å². The monoisotopic (exact) mass is 425 g/mol. The van der Waals surface area contributed by atoms with Crippen molar-refractivity contribution < 1.29 is 19.0 Å². The van der Waals surface area contributed by atoms with Gasteiger partial charge >= 0.3 is 11.1 Å². The van der Waals surface area contributed by atoms with E-state index in [0.29, 0.717) is 22.9 Å². The highest BCUT2D eigenvalue weighted by atomic mass is 16.5. The number of nitrogens with zero attached hydrogens (tertiary/aromatic N) is 2. The molecule has 0 unspecified atom stereocenters. The highest BCUT2D eigenvalue weighted by Crippen LogP contribution is 2.27. The zero-order valence-electron chi connectivity index (χ0n) is 17.5. The molecular weight excluding hydrogens is 402 g/mol. The number of hydrogen-bond acceptors (Lipinski definition) is 6. The van der Waals surface area contributed by atoms with Crippen molar-refractivity contribution in [2.24, 2.45) is 0 Å². The van der Waals surface area contributed by atoms with Crippen LogP contribution in [-0.2, 0) is 17.9 Å². The van der Waals surface area contributed by atoms with Crippen LogP contribution in [0.15, 0.2) is 64.4 Å². The second-order valence-corrected chi connectivity index (χ2v) is 6.54. The van der Waals surface area contributed by atoms with Gasteiger partial charge in [-0.1, -0.05) is 18.2 Å². The SMILES string of the molecule is COc1ccc(CNC(=O)Cn2ccn(-c3ccccc3OC)c(=O)c2=O)cc1OC. The van der Waals surface area contributed by atoms with E-state index < -0.39 is 17.0 Å². The van der Waals surface area contributed by atoms with Crippen LogP contribution in [0.2, 0.25) is 0 Å². The molecule has 0 aliphatic carbocycles. The highest BCUT2D eigenvalue weighted by Gasteiger charge is 2.13. The van der Waals surface area contributed by atoms with E-state index in [2.05, 4.69) is 5.32 Å². The maximum atomic E-state index is 12.6. The van der Waals surface area contributed by atoms with Gasteiger partial charge < -0.3 is 19.5 Å². The van der Waals surface area contributed by atoms with Crippen LogP contribution in [0.1, 0.15) is 5.56 Å². The summed E-state index contributed by atoms with van der Waals surface area (Å²) in [6, 6.07) is 12.1. The fourth-order valence-electron chi connectivity index (χ4n) is 3.05. The Kier molecular flexibility index (Phi) is 6.76. The lowest BCUT2D eigenvalue weighted by Crippen LogP contribution is -2.42. The standard InChI is InChI=1S/C22H23N3O6/c1-29-17-7-5-4-6-16(17)25-11-10-24(21(27)22(25)28)14-20(26)23-13-15-8-9-18(30-2)19(12-15)31-3/h4-12H,13-14H2,1-3H3,(H,23,26). The lowest BCUT2D eigenvalue weighted by atomic mass is 10.2. The Morgan fingerprint density at radius 1 is 0.871 bits per heavy atom. The van der Waals surface area contributed by atoms with Crippen molar-refractivity contribution in [1.82, 2.24) is 14.5 Å². The van der Waals surface area contributed by atoms with Gasteiger partial charge in [0.05, 0.1) is 27.0 Å². The van der Waals surface area contributed by atoms with Gasteiger partial charge in [-0.15, -0.1) is 0 Å². The predicted molar refractivity (Wildman–Crippen MR) is 114 cm³/mol. The first-order chi connectivity index (χ1) is 15.0. The third-order valence-electron chi connectivity index (χ3n) is 4.65. The Balaban J connectivity index is 1.73. The van der Waals surface area contributed by atoms with Gasteiger partial charge in [0, 0.05) is 18.9 Å². The number of ether oxygens (including phenoxy) is 3. The topological polar surface area (TPSA) is 101 Å². The summed E-state index contributed by atoms with van der Waals surface area (Å²) in [7, 11) is 4.55. The lowest BCUT2D eigenvalue weighted by molar-refractivity contribution is -0.121. The molecule has 0 radical (unpaired) electrons. The first kappa shape index (κ1) is 21.7. The Hall–Kier alpha value is -4.01. The molecule has 0 spiro atoms. The third kappa shape index (κ3) is 4.77. The summed E-state index contributed by atoms with van der Waals surface area (Å²) in [6.07, 6.45) is 2.83. The van der Waals surface area contributed by atoms with Gasteiger partial charge in [0.2, 0.25) is 5.91 Å². The average molecular weight is 425 g/mol. The van der Waals surface area contributed by atoms with E-state index in [1.54, 1.807) is 49.6 Å². The number of carbonyl (C=O) groups excluding carboxylic acids is 1. The molecule has 1 N–H and O–H groups in total. The van der Waals surface area contributed by atoms with Crippen molar-refractivity contribution in [2.45, 2.75) is 13.1 Å². The van der Waals surface area contributed by atoms with Crippen LogP contribution in [0.5, 0.6) is 17.2 Å². The fraction of sp³-hybridized carbons (Fsp3) is 0.227. The zero-order chi connectivity index (χ0) is 22.4. The number of methoxy groups -OCH3 is 3. The second-order valence-electron chi connectivity index (χ2n) is 6.54. The molecule has 0 atom stereocenters. The largest absolute Gasteiger partial charge is 0.495 e. The van der Waals surface area contributed by atoms with Crippen LogP contribution >= 0.6 is 0 Å². The van der Waals surface area contributed by atoms with Crippen molar-refractivity contribution in [1.29, 1.82) is 0 Å². The van der Waals surface area contributed by atoms with Crippen LogP contribution in [0.3, 0.4) is 0 Å². The summed E-state index contributed by atoms with van der Waals surface area (Å²) in [5.74, 6) is 1.17. The number of carbonyl (C=O) groups is 1. The molecule has 1 aromatic heterocycles. The minimum absolute atomic E-state index is 0.228. The number of para-hydroxylation sites is 2. The molecule has 9 nitrogen and oxygen atoms in total. The Bertz CT molecular complexity index is 1200. The normalized spacial score (nSPS) is 10.4. The summed E-state index contributed by atoms with van der Waals surface area (Å²) >= 11 is 0. The van der Waals surface area contributed by atoms with Crippen LogP contribution in [0.25, 0.3) is 5.69 Å². The fourth-order valence-corrected chi connectivity index (χ4v) is 3.05. The van der Waals surface area contributed by atoms with E-state index in [1.807, 2.05) is 0 Å². The molecule has 0 aliphatic heterocycles. The molecule has 3 aromatic rings. The molecule has 0 bridgehead atoms. The van der Waals surface area contributed by atoms with Crippen LogP contribution in [-0.4, -0.2) is 36.4 Å². The minimum Gasteiger partial charge on any atom is -0.495 e. The van der Waals surface area contributed by atoms with E-state index in [0.717, 1.165) is 10.1 Å². The van der Waals surface area contributed by atoms with E-state index >= 15 is 0 Å². The molecule has 1 heterocycles. The number of amides is 1. The molecule has 0 fully saturated rings. The zero-order valence-corrected chi connectivity index (χ0v) is 17.5. The minimum atomic E-state index is -0.810. The lowest BCUT2D eigenvalue weighted by Gasteiger charge is -2.12.